The van der Waals surface area contributed by atoms with Gasteiger partial charge in [0.15, 0.2) is 0 Å². The molecule has 3 rings (SSSR count). The van der Waals surface area contributed by atoms with Crippen molar-refractivity contribution in [3.63, 3.8) is 0 Å². The summed E-state index contributed by atoms with van der Waals surface area (Å²) in [5.74, 6) is 0. The van der Waals surface area contributed by atoms with Gasteiger partial charge < -0.3 is 0 Å². The Hall–Kier alpha value is -3.18. The normalized spacial score (nSPS) is 10.2. The van der Waals surface area contributed by atoms with Gasteiger partial charge in [0.05, 0.1) is 40.3 Å². The highest BCUT2D eigenvalue weighted by molar-refractivity contribution is 5.68. The number of hydrogen-bond donors (Lipinski definition) is 0. The van der Waals surface area contributed by atoms with E-state index < -0.39 is 0 Å². The van der Waals surface area contributed by atoms with Crippen LogP contribution >= 0.6 is 0 Å². The zero-order valence-corrected chi connectivity index (χ0v) is 10.8. The smallest absolute Gasteiger partial charge is 0.254 e. The van der Waals surface area contributed by atoms with Crippen LogP contribution in [-0.4, -0.2) is 14.6 Å². The van der Waals surface area contributed by atoms with Crippen molar-refractivity contribution in [1.29, 1.82) is 5.26 Å². The number of nitrogens with zero attached hydrogens (tertiary/aromatic N) is 5. The number of nitriles is 1. The summed E-state index contributed by atoms with van der Waals surface area (Å²) in [6.45, 7) is 7.26. The molecule has 20 heavy (non-hydrogen) atoms. The van der Waals surface area contributed by atoms with Crippen LogP contribution in [0.3, 0.4) is 0 Å². The van der Waals surface area contributed by atoms with Crippen LogP contribution in [0.1, 0.15) is 11.1 Å². The fraction of sp³-hybridized carbons (Fsp3) is 0.0667. The predicted octanol–water partition coefficient (Wildman–Crippen LogP) is 3.17. The van der Waals surface area contributed by atoms with Gasteiger partial charge in [-0.1, -0.05) is 0 Å². The van der Waals surface area contributed by atoms with Gasteiger partial charge in [-0.3, -0.25) is 4.98 Å². The third-order valence-corrected chi connectivity index (χ3v) is 3.11. The molecule has 0 radical (unpaired) electrons. The maximum atomic E-state index is 8.88. The lowest BCUT2D eigenvalue weighted by Gasteiger charge is -2.01. The van der Waals surface area contributed by atoms with E-state index in [9.17, 15) is 0 Å². The van der Waals surface area contributed by atoms with E-state index in [0.717, 1.165) is 22.5 Å². The van der Waals surface area contributed by atoms with Gasteiger partial charge in [-0.15, -0.1) is 0 Å². The van der Waals surface area contributed by atoms with Crippen molar-refractivity contribution >= 4 is 11.2 Å². The van der Waals surface area contributed by atoms with Crippen LogP contribution in [0.5, 0.6) is 0 Å². The summed E-state index contributed by atoms with van der Waals surface area (Å²) in [4.78, 5) is 8.12. The second-order valence-corrected chi connectivity index (χ2v) is 4.40. The van der Waals surface area contributed by atoms with Crippen LogP contribution in [0, 0.1) is 24.8 Å². The van der Waals surface area contributed by atoms with E-state index in [4.69, 9.17) is 11.8 Å². The lowest BCUT2D eigenvalue weighted by Crippen LogP contribution is -1.95. The van der Waals surface area contributed by atoms with Gasteiger partial charge in [0.2, 0.25) is 0 Å². The Kier molecular flexibility index (Phi) is 2.67. The van der Waals surface area contributed by atoms with Crippen LogP contribution in [0.15, 0.2) is 36.7 Å². The summed E-state index contributed by atoms with van der Waals surface area (Å²) in [7, 11) is 0. The summed E-state index contributed by atoms with van der Waals surface area (Å²) in [6, 6.07) is 9.46. The van der Waals surface area contributed by atoms with E-state index in [0.29, 0.717) is 11.3 Å². The molecule has 0 unspecified atom stereocenters. The molecule has 0 aliphatic rings. The molecule has 0 fully saturated rings. The maximum absolute atomic E-state index is 8.88. The number of fused-ring (bicyclic) bond motifs is 1. The quantitative estimate of drug-likeness (QED) is 0.675. The van der Waals surface area contributed by atoms with E-state index in [1.807, 2.05) is 25.1 Å². The highest BCUT2D eigenvalue weighted by Gasteiger charge is 2.13. The van der Waals surface area contributed by atoms with Gasteiger partial charge >= 0.3 is 5.69 Å². The van der Waals surface area contributed by atoms with Crippen molar-refractivity contribution < 1.29 is 0 Å². The van der Waals surface area contributed by atoms with Gasteiger partial charge in [0.1, 0.15) is 6.07 Å². The van der Waals surface area contributed by atoms with Crippen LogP contribution in [0.2, 0.25) is 0 Å². The Balaban J connectivity index is 2.21. The van der Waals surface area contributed by atoms with Gasteiger partial charge in [-0.2, -0.15) is 10.4 Å². The molecule has 0 saturated carbocycles. The number of pyridine rings is 1. The molecule has 0 spiro atoms. The monoisotopic (exact) mass is 260 g/mol. The van der Waals surface area contributed by atoms with Crippen molar-refractivity contribution in [3.05, 3.63) is 52.6 Å². The number of hydrogen-bond acceptors (Lipinski definition) is 3. The molecule has 0 aromatic carbocycles. The largest absolute Gasteiger partial charge is 0.346 e. The maximum Gasteiger partial charge on any atom is 0.346 e. The average Bonchev–Trinajstić information content (AvgIpc) is 2.90. The minimum Gasteiger partial charge on any atom is -0.254 e. The highest BCUT2D eigenvalue weighted by Crippen LogP contribution is 2.26. The molecule has 0 aliphatic heterocycles. The first-order valence-electron chi connectivity index (χ1n) is 5.99. The van der Waals surface area contributed by atoms with Gasteiger partial charge in [-0.25, -0.2) is 4.52 Å². The Morgan fingerprint density at radius 2 is 2.15 bits per heavy atom. The molecule has 0 amide bonds. The molecule has 5 heteroatoms. The predicted molar refractivity (Wildman–Crippen MR) is 75.8 cm³/mol. The number of aromatic nitrogens is 3. The molecule has 94 valence electrons. The molecule has 0 saturated heterocycles. The summed E-state index contributed by atoms with van der Waals surface area (Å²) >= 11 is 0. The minimum atomic E-state index is 0.525. The lowest BCUT2D eigenvalue weighted by molar-refractivity contribution is 0.939. The molecule has 3 heterocycles. The molecule has 3 aromatic heterocycles. The van der Waals surface area contributed by atoms with Crippen molar-refractivity contribution in [2.24, 2.45) is 0 Å². The fourth-order valence-corrected chi connectivity index (χ4v) is 2.05. The molecule has 0 aliphatic carbocycles. The SMILES string of the molecule is C#[N+]c1cc(-c2ccc3cc(C#N)cnn23)ncc1C. The van der Waals surface area contributed by atoms with E-state index in [2.05, 4.69) is 21.0 Å². The Bertz CT molecular complexity index is 893. The first kappa shape index (κ1) is 11.9. The summed E-state index contributed by atoms with van der Waals surface area (Å²) < 4.78 is 1.73. The zero-order chi connectivity index (χ0) is 14.1. The van der Waals surface area contributed by atoms with Gasteiger partial charge in [0.25, 0.3) is 6.57 Å². The Morgan fingerprint density at radius 3 is 2.90 bits per heavy atom. The number of rotatable bonds is 1. The number of aryl methyl sites for hydroxylation is 1. The van der Waals surface area contributed by atoms with Crippen molar-refractivity contribution in [3.8, 4) is 24.0 Å². The molecule has 0 bridgehead atoms. The third kappa shape index (κ3) is 1.79. The van der Waals surface area contributed by atoms with Gasteiger partial charge in [0, 0.05) is 6.20 Å². The second-order valence-electron chi connectivity index (χ2n) is 4.40. The second kappa shape index (κ2) is 4.49. The van der Waals surface area contributed by atoms with Crippen LogP contribution < -0.4 is 0 Å². The standard InChI is InChI=1S/C15H10N5/c1-10-8-18-14(6-13(10)17-2)15-4-3-12-5-11(7-16)9-19-20(12)15/h2-6,8-9H,1H3/q+1. The third-order valence-electron chi connectivity index (χ3n) is 3.11. The molecule has 3 aromatic rings. The van der Waals surface area contributed by atoms with E-state index in [-0.39, 0.29) is 0 Å². The summed E-state index contributed by atoms with van der Waals surface area (Å²) in [6.07, 6.45) is 3.25. The zero-order valence-electron chi connectivity index (χ0n) is 10.8. The highest BCUT2D eigenvalue weighted by atomic mass is 15.2. The van der Waals surface area contributed by atoms with Crippen LogP contribution in [0.4, 0.5) is 5.69 Å². The molecule has 0 atom stereocenters. The molecule has 0 N–H and O–H groups in total. The lowest BCUT2D eigenvalue weighted by atomic mass is 10.2. The van der Waals surface area contributed by atoms with Crippen molar-refractivity contribution in [2.75, 3.05) is 0 Å². The van der Waals surface area contributed by atoms with E-state index in [1.165, 1.54) is 6.20 Å². The molecule has 5 nitrogen and oxygen atoms in total. The van der Waals surface area contributed by atoms with Crippen molar-refractivity contribution in [2.45, 2.75) is 6.92 Å². The van der Waals surface area contributed by atoms with Crippen LogP contribution in [0.25, 0.3) is 21.7 Å². The van der Waals surface area contributed by atoms with E-state index >= 15 is 0 Å². The summed E-state index contributed by atoms with van der Waals surface area (Å²) in [5, 5.41) is 13.1. The molecular weight excluding hydrogens is 250 g/mol. The fourth-order valence-electron chi connectivity index (χ4n) is 2.05. The topological polar surface area (TPSA) is 58.3 Å². The van der Waals surface area contributed by atoms with Crippen LogP contribution in [-0.2, 0) is 0 Å². The molecular formula is C15H10N5+. The van der Waals surface area contributed by atoms with Gasteiger partial charge in [-0.05, 0) is 30.0 Å². The van der Waals surface area contributed by atoms with Crippen molar-refractivity contribution in [1.82, 2.24) is 14.6 Å². The average molecular weight is 260 g/mol. The first-order valence-corrected chi connectivity index (χ1v) is 5.99. The minimum absolute atomic E-state index is 0.525. The van der Waals surface area contributed by atoms with E-state index in [1.54, 1.807) is 16.8 Å². The Labute approximate surface area is 115 Å². The summed E-state index contributed by atoms with van der Waals surface area (Å²) in [5.41, 5.74) is 4.53. The first-order chi connectivity index (χ1) is 9.72. The Morgan fingerprint density at radius 1 is 1.30 bits per heavy atom.